The van der Waals surface area contributed by atoms with Crippen LogP contribution in [-0.2, 0) is 5.60 Å². The van der Waals surface area contributed by atoms with Crippen molar-refractivity contribution in [1.29, 1.82) is 0 Å². The Labute approximate surface area is 145 Å². The number of aliphatic hydroxyl groups is 1. The van der Waals surface area contributed by atoms with Gasteiger partial charge in [0.15, 0.2) is 0 Å². The van der Waals surface area contributed by atoms with Gasteiger partial charge in [0, 0.05) is 0 Å². The van der Waals surface area contributed by atoms with Gasteiger partial charge >= 0.3 is 29.9 Å². The van der Waals surface area contributed by atoms with Crippen molar-refractivity contribution in [2.24, 2.45) is 0 Å². The molecule has 156 valence electrons. The lowest BCUT2D eigenvalue weighted by molar-refractivity contribution is -0.424. The molecule has 1 unspecified atom stereocenters. The molecule has 1 atom stereocenters. The summed E-state index contributed by atoms with van der Waals surface area (Å²) in [6.07, 6.45) is -9.75. The predicted molar refractivity (Wildman–Crippen MR) is 71.2 cm³/mol. The van der Waals surface area contributed by atoms with Gasteiger partial charge in [-0.25, -0.2) is 0 Å². The fourth-order valence-corrected chi connectivity index (χ4v) is 2.23. The molecule has 0 spiro atoms. The number of halogens is 11. The standard InChI is InChI=1S/C15H13F11O/c1-8-4-3-5-9(6-8)10(2,27)7-11(16,17)12(18,19)13(20,21)14(22,23)15(24,25)26/h3-6,27H,7H2,1-2H3. The minimum Gasteiger partial charge on any atom is -0.385 e. The molecule has 1 nitrogen and oxygen atoms in total. The van der Waals surface area contributed by atoms with Crippen LogP contribution in [-0.4, -0.2) is 35.0 Å². The van der Waals surface area contributed by atoms with Crippen molar-refractivity contribution in [1.82, 2.24) is 0 Å². The fraction of sp³-hybridized carbons (Fsp3) is 0.600. The number of alkyl halides is 11. The molecule has 0 aliphatic heterocycles. The van der Waals surface area contributed by atoms with Crippen molar-refractivity contribution >= 4 is 0 Å². The van der Waals surface area contributed by atoms with Crippen molar-refractivity contribution in [2.75, 3.05) is 0 Å². The van der Waals surface area contributed by atoms with Crippen LogP contribution in [0.4, 0.5) is 48.3 Å². The molecule has 27 heavy (non-hydrogen) atoms. The van der Waals surface area contributed by atoms with Crippen molar-refractivity contribution in [3.63, 3.8) is 0 Å². The summed E-state index contributed by atoms with van der Waals surface area (Å²) >= 11 is 0. The van der Waals surface area contributed by atoms with Gasteiger partial charge < -0.3 is 5.11 Å². The van der Waals surface area contributed by atoms with Gasteiger partial charge in [-0.15, -0.1) is 0 Å². The van der Waals surface area contributed by atoms with Crippen molar-refractivity contribution < 1.29 is 53.4 Å². The van der Waals surface area contributed by atoms with Gasteiger partial charge in [0.25, 0.3) is 0 Å². The van der Waals surface area contributed by atoms with E-state index < -0.39 is 47.5 Å². The summed E-state index contributed by atoms with van der Waals surface area (Å²) in [5.41, 5.74) is -3.05. The van der Waals surface area contributed by atoms with Crippen LogP contribution in [0.2, 0.25) is 0 Å². The average molecular weight is 418 g/mol. The quantitative estimate of drug-likeness (QED) is 0.588. The molecule has 0 heterocycles. The number of aryl methyl sites for hydroxylation is 1. The first-order chi connectivity index (χ1) is 11.7. The SMILES string of the molecule is Cc1cccc(C(C)(O)CC(F)(F)C(F)(F)C(F)(F)C(F)(F)C(F)(F)F)c1. The van der Waals surface area contributed by atoms with Gasteiger partial charge in [-0.1, -0.05) is 29.8 Å². The maximum absolute atomic E-state index is 13.8. The van der Waals surface area contributed by atoms with Gasteiger partial charge in [0.05, 0.1) is 12.0 Å². The molecule has 0 bridgehead atoms. The lowest BCUT2D eigenvalue weighted by Crippen LogP contribution is -2.67. The van der Waals surface area contributed by atoms with Crippen LogP contribution in [0.5, 0.6) is 0 Å². The molecular weight excluding hydrogens is 405 g/mol. The summed E-state index contributed by atoms with van der Waals surface area (Å²) in [7, 11) is 0. The largest absolute Gasteiger partial charge is 0.460 e. The number of rotatable bonds is 6. The zero-order valence-electron chi connectivity index (χ0n) is 13.6. The minimum atomic E-state index is -7.48. The Hall–Kier alpha value is -1.59. The van der Waals surface area contributed by atoms with E-state index in [4.69, 9.17) is 0 Å². The second-order valence-electron chi connectivity index (χ2n) is 6.25. The molecular formula is C15H13F11O. The first-order valence-corrected chi connectivity index (χ1v) is 7.08. The van der Waals surface area contributed by atoms with Gasteiger partial charge in [-0.3, -0.25) is 0 Å². The number of hydrogen-bond donors (Lipinski definition) is 1. The average Bonchev–Trinajstić information content (AvgIpc) is 2.44. The van der Waals surface area contributed by atoms with Crippen LogP contribution < -0.4 is 0 Å². The van der Waals surface area contributed by atoms with E-state index in [1.165, 1.54) is 19.1 Å². The van der Waals surface area contributed by atoms with Crippen molar-refractivity contribution in [3.05, 3.63) is 35.4 Å². The second-order valence-corrected chi connectivity index (χ2v) is 6.25. The highest BCUT2D eigenvalue weighted by Gasteiger charge is 2.87. The third-order valence-corrected chi connectivity index (χ3v) is 3.81. The van der Waals surface area contributed by atoms with Crippen LogP contribution in [0.25, 0.3) is 0 Å². The molecule has 0 aliphatic rings. The summed E-state index contributed by atoms with van der Waals surface area (Å²) in [5.74, 6) is -28.2. The zero-order chi connectivity index (χ0) is 21.7. The lowest BCUT2D eigenvalue weighted by atomic mass is 9.84. The summed E-state index contributed by atoms with van der Waals surface area (Å²) in [6, 6.07) is 4.59. The maximum atomic E-state index is 13.8. The summed E-state index contributed by atoms with van der Waals surface area (Å²) in [4.78, 5) is 0. The molecule has 1 rings (SSSR count). The molecule has 1 aromatic rings. The van der Waals surface area contributed by atoms with Gasteiger partial charge in [0.2, 0.25) is 0 Å². The van der Waals surface area contributed by atoms with E-state index in [2.05, 4.69) is 0 Å². The van der Waals surface area contributed by atoms with Crippen LogP contribution in [0, 0.1) is 6.92 Å². The van der Waals surface area contributed by atoms with E-state index in [1.807, 2.05) is 0 Å². The Bertz CT molecular complexity index is 677. The molecule has 0 aliphatic carbocycles. The van der Waals surface area contributed by atoms with E-state index in [0.29, 0.717) is 12.5 Å². The molecule has 0 aromatic heterocycles. The Morgan fingerprint density at radius 2 is 1.26 bits per heavy atom. The molecule has 0 fully saturated rings. The van der Waals surface area contributed by atoms with E-state index in [9.17, 15) is 53.4 Å². The zero-order valence-corrected chi connectivity index (χ0v) is 13.6. The first kappa shape index (κ1) is 23.4. The van der Waals surface area contributed by atoms with Crippen LogP contribution in [0.1, 0.15) is 24.5 Å². The molecule has 0 saturated heterocycles. The third-order valence-electron chi connectivity index (χ3n) is 3.81. The van der Waals surface area contributed by atoms with E-state index in [1.54, 1.807) is 0 Å². The van der Waals surface area contributed by atoms with Crippen LogP contribution in [0.3, 0.4) is 0 Å². The molecule has 0 saturated carbocycles. The van der Waals surface area contributed by atoms with Crippen molar-refractivity contribution in [2.45, 2.75) is 55.7 Å². The summed E-state index contributed by atoms with van der Waals surface area (Å²) < 4.78 is 143. The van der Waals surface area contributed by atoms with Crippen LogP contribution >= 0.6 is 0 Å². The highest BCUT2D eigenvalue weighted by Crippen LogP contribution is 2.58. The predicted octanol–water partition coefficient (Wildman–Crippen LogP) is 5.70. The highest BCUT2D eigenvalue weighted by atomic mass is 19.4. The topological polar surface area (TPSA) is 20.2 Å². The fourth-order valence-electron chi connectivity index (χ4n) is 2.23. The normalized spacial score (nSPS) is 17.0. The van der Waals surface area contributed by atoms with Crippen molar-refractivity contribution in [3.8, 4) is 0 Å². The highest BCUT2D eigenvalue weighted by molar-refractivity contribution is 5.27. The molecule has 12 heteroatoms. The Kier molecular flexibility index (Phi) is 5.63. The monoisotopic (exact) mass is 418 g/mol. The Balaban J connectivity index is 3.35. The summed E-state index contributed by atoms with van der Waals surface area (Å²) in [6.45, 7) is 1.91. The Morgan fingerprint density at radius 1 is 0.778 bits per heavy atom. The maximum Gasteiger partial charge on any atom is 0.460 e. The smallest absolute Gasteiger partial charge is 0.385 e. The minimum absolute atomic E-state index is 0.344. The molecule has 1 N–H and O–H groups in total. The number of benzene rings is 1. The first-order valence-electron chi connectivity index (χ1n) is 7.08. The molecule has 1 aromatic carbocycles. The van der Waals surface area contributed by atoms with Gasteiger partial charge in [-0.05, 0) is 19.4 Å². The lowest BCUT2D eigenvalue weighted by Gasteiger charge is -2.39. The van der Waals surface area contributed by atoms with E-state index in [-0.39, 0.29) is 0 Å². The van der Waals surface area contributed by atoms with E-state index in [0.717, 1.165) is 12.1 Å². The second kappa shape index (κ2) is 6.49. The van der Waals surface area contributed by atoms with Gasteiger partial charge in [-0.2, -0.15) is 48.3 Å². The molecule has 0 amide bonds. The van der Waals surface area contributed by atoms with Gasteiger partial charge in [0.1, 0.15) is 0 Å². The molecule has 0 radical (unpaired) electrons. The van der Waals surface area contributed by atoms with Crippen LogP contribution in [0.15, 0.2) is 24.3 Å². The third kappa shape index (κ3) is 3.85. The number of hydrogen-bond acceptors (Lipinski definition) is 1. The summed E-state index contributed by atoms with van der Waals surface area (Å²) in [5, 5.41) is 9.97. The Morgan fingerprint density at radius 3 is 1.67 bits per heavy atom. The van der Waals surface area contributed by atoms with E-state index >= 15 is 0 Å².